The van der Waals surface area contributed by atoms with Gasteiger partial charge >= 0.3 is 39.5 Å². The van der Waals surface area contributed by atoms with E-state index in [4.69, 9.17) is 37.0 Å². The molecule has 2 unspecified atom stereocenters. The van der Waals surface area contributed by atoms with Crippen LogP contribution in [0.3, 0.4) is 0 Å². The standard InChI is InChI=1S/C70H136O17P2/c1-6-9-12-15-18-20-22-26-31-34-39-44-49-54-68(73)81-60-66(87-70(75)56-51-46-41-36-32-28-25-23-24-27-30-33-38-42-47-52-63(4)5)62-85-89(78,79)83-58-64(71)57-82-88(76,77)84-61-65(59-80-67(72)53-48-43-37-17-14-11-8-3)86-69(74)55-50-45-40-35-29-21-19-16-13-10-7-2/h63-66,71H,6-62H2,1-5H3,(H,76,77)(H,78,79)/t64-,65+,66+/m0/s1. The predicted octanol–water partition coefficient (Wildman–Crippen LogP) is 20.1. The lowest BCUT2D eigenvalue weighted by Gasteiger charge is -2.21. The Balaban J connectivity index is 5.19. The highest BCUT2D eigenvalue weighted by Gasteiger charge is 2.30. The van der Waals surface area contributed by atoms with Gasteiger partial charge in [-0.2, -0.15) is 0 Å². The van der Waals surface area contributed by atoms with Gasteiger partial charge in [0.2, 0.25) is 0 Å². The summed E-state index contributed by atoms with van der Waals surface area (Å²) in [5.41, 5.74) is 0. The minimum Gasteiger partial charge on any atom is -0.462 e. The summed E-state index contributed by atoms with van der Waals surface area (Å²) in [7, 11) is -9.89. The van der Waals surface area contributed by atoms with E-state index in [1.54, 1.807) is 0 Å². The van der Waals surface area contributed by atoms with Crippen LogP contribution in [0, 0.1) is 5.92 Å². The van der Waals surface area contributed by atoms with Gasteiger partial charge in [-0.1, -0.05) is 311 Å². The Morgan fingerprint density at radius 1 is 0.303 bits per heavy atom. The maximum absolute atomic E-state index is 13.0. The van der Waals surface area contributed by atoms with E-state index in [0.717, 1.165) is 109 Å². The van der Waals surface area contributed by atoms with E-state index in [2.05, 4.69) is 34.6 Å². The molecule has 0 amide bonds. The molecule has 3 N–H and O–H groups in total. The molecule has 89 heavy (non-hydrogen) atoms. The molecule has 0 aliphatic carbocycles. The number of phosphoric ester groups is 2. The van der Waals surface area contributed by atoms with E-state index in [-0.39, 0.29) is 25.7 Å². The molecule has 0 bridgehead atoms. The Bertz CT molecular complexity index is 1720. The van der Waals surface area contributed by atoms with Crippen LogP contribution in [0.15, 0.2) is 0 Å². The van der Waals surface area contributed by atoms with E-state index < -0.39 is 97.5 Å². The first-order valence-electron chi connectivity index (χ1n) is 36.6. The van der Waals surface area contributed by atoms with Gasteiger partial charge < -0.3 is 33.8 Å². The minimum absolute atomic E-state index is 0.107. The van der Waals surface area contributed by atoms with E-state index >= 15 is 0 Å². The van der Waals surface area contributed by atoms with Gasteiger partial charge in [-0.05, 0) is 31.6 Å². The molecule has 0 rings (SSSR count). The summed E-state index contributed by atoms with van der Waals surface area (Å²) < 4.78 is 68.2. The normalized spacial score (nSPS) is 14.1. The third kappa shape index (κ3) is 64.6. The molecule has 0 saturated carbocycles. The minimum atomic E-state index is -4.95. The molecule has 5 atom stereocenters. The second-order valence-electron chi connectivity index (χ2n) is 25.7. The van der Waals surface area contributed by atoms with Gasteiger partial charge in [0.1, 0.15) is 19.3 Å². The number of esters is 4. The summed E-state index contributed by atoms with van der Waals surface area (Å²) >= 11 is 0. The van der Waals surface area contributed by atoms with Crippen molar-refractivity contribution in [3.05, 3.63) is 0 Å². The second kappa shape index (κ2) is 63.5. The number of ether oxygens (including phenoxy) is 4. The van der Waals surface area contributed by atoms with Crippen molar-refractivity contribution in [2.24, 2.45) is 5.92 Å². The van der Waals surface area contributed by atoms with Crippen molar-refractivity contribution in [3.63, 3.8) is 0 Å². The van der Waals surface area contributed by atoms with Crippen LogP contribution in [0.1, 0.15) is 362 Å². The number of unbranched alkanes of at least 4 members (excludes halogenated alkanes) is 42. The van der Waals surface area contributed by atoms with Crippen LogP contribution in [0.5, 0.6) is 0 Å². The summed E-state index contributed by atoms with van der Waals surface area (Å²) in [6.07, 6.45) is 50.0. The van der Waals surface area contributed by atoms with Gasteiger partial charge in [0.25, 0.3) is 0 Å². The average Bonchev–Trinajstić information content (AvgIpc) is 3.64. The van der Waals surface area contributed by atoms with E-state index in [0.29, 0.717) is 25.7 Å². The van der Waals surface area contributed by atoms with Crippen LogP contribution >= 0.6 is 15.6 Å². The van der Waals surface area contributed by atoms with E-state index in [9.17, 15) is 43.2 Å². The van der Waals surface area contributed by atoms with Crippen molar-refractivity contribution in [3.8, 4) is 0 Å². The van der Waals surface area contributed by atoms with Crippen LogP contribution < -0.4 is 0 Å². The Hall–Kier alpha value is -1.94. The van der Waals surface area contributed by atoms with Crippen LogP contribution in [-0.2, 0) is 65.4 Å². The van der Waals surface area contributed by atoms with Crippen LogP contribution in [0.2, 0.25) is 0 Å². The molecule has 19 heteroatoms. The third-order valence-corrected chi connectivity index (χ3v) is 18.2. The predicted molar refractivity (Wildman–Crippen MR) is 358 cm³/mol. The van der Waals surface area contributed by atoms with Crippen molar-refractivity contribution in [1.29, 1.82) is 0 Å². The van der Waals surface area contributed by atoms with Crippen LogP contribution in [0.4, 0.5) is 0 Å². The number of carbonyl (C=O) groups excluding carboxylic acids is 4. The van der Waals surface area contributed by atoms with Gasteiger partial charge in [0.05, 0.1) is 26.4 Å². The fourth-order valence-corrected chi connectivity index (χ4v) is 12.2. The zero-order chi connectivity index (χ0) is 65.6. The molecule has 0 saturated heterocycles. The van der Waals surface area contributed by atoms with Crippen molar-refractivity contribution in [2.75, 3.05) is 39.6 Å². The summed E-state index contributed by atoms with van der Waals surface area (Å²) in [5, 5.41) is 10.6. The molecular formula is C70H136O17P2. The second-order valence-corrected chi connectivity index (χ2v) is 28.7. The zero-order valence-corrected chi connectivity index (χ0v) is 59.4. The Morgan fingerprint density at radius 2 is 0.517 bits per heavy atom. The maximum Gasteiger partial charge on any atom is 0.472 e. The lowest BCUT2D eigenvalue weighted by molar-refractivity contribution is -0.161. The summed E-state index contributed by atoms with van der Waals surface area (Å²) in [4.78, 5) is 72.4. The fourth-order valence-electron chi connectivity index (χ4n) is 10.6. The fraction of sp³-hybridized carbons (Fsp3) is 0.943. The number of aliphatic hydroxyl groups is 1. The highest BCUT2D eigenvalue weighted by atomic mass is 31.2. The number of hydrogen-bond donors (Lipinski definition) is 3. The lowest BCUT2D eigenvalue weighted by Crippen LogP contribution is -2.30. The molecule has 0 radical (unpaired) electrons. The van der Waals surface area contributed by atoms with Gasteiger partial charge in [-0.3, -0.25) is 37.3 Å². The molecule has 0 heterocycles. The van der Waals surface area contributed by atoms with Gasteiger partial charge in [-0.15, -0.1) is 0 Å². The number of phosphoric acid groups is 2. The van der Waals surface area contributed by atoms with Gasteiger partial charge in [0, 0.05) is 25.7 Å². The molecule has 0 aliphatic rings. The van der Waals surface area contributed by atoms with Crippen LogP contribution in [-0.4, -0.2) is 96.7 Å². The summed E-state index contributed by atoms with van der Waals surface area (Å²) in [6, 6.07) is 0. The number of rotatable bonds is 70. The molecule has 528 valence electrons. The first-order valence-corrected chi connectivity index (χ1v) is 39.6. The van der Waals surface area contributed by atoms with E-state index in [1.807, 2.05) is 0 Å². The maximum atomic E-state index is 13.0. The number of hydrogen-bond acceptors (Lipinski definition) is 15. The summed E-state index contributed by atoms with van der Waals surface area (Å²) in [6.45, 7) is 7.23. The molecule has 17 nitrogen and oxygen atoms in total. The Labute approximate surface area is 543 Å². The molecule has 0 aromatic carbocycles. The molecule has 0 aliphatic heterocycles. The van der Waals surface area contributed by atoms with Crippen molar-refractivity contribution >= 4 is 39.5 Å². The smallest absolute Gasteiger partial charge is 0.462 e. The quantitative estimate of drug-likeness (QED) is 0.0222. The summed E-state index contributed by atoms with van der Waals surface area (Å²) in [5.74, 6) is -1.32. The monoisotopic (exact) mass is 1310 g/mol. The van der Waals surface area contributed by atoms with E-state index in [1.165, 1.54) is 173 Å². The van der Waals surface area contributed by atoms with Crippen molar-refractivity contribution in [1.82, 2.24) is 0 Å². The first kappa shape index (κ1) is 87.1. The average molecular weight is 1310 g/mol. The van der Waals surface area contributed by atoms with Crippen molar-refractivity contribution in [2.45, 2.75) is 380 Å². The van der Waals surface area contributed by atoms with Crippen molar-refractivity contribution < 1.29 is 80.2 Å². The van der Waals surface area contributed by atoms with Gasteiger partial charge in [-0.25, -0.2) is 9.13 Å². The highest BCUT2D eigenvalue weighted by Crippen LogP contribution is 2.45. The zero-order valence-electron chi connectivity index (χ0n) is 57.6. The van der Waals surface area contributed by atoms with Gasteiger partial charge in [0.15, 0.2) is 12.2 Å². The third-order valence-electron chi connectivity index (χ3n) is 16.3. The number of aliphatic hydroxyl groups excluding tert-OH is 1. The molecule has 0 fully saturated rings. The molecule has 0 spiro atoms. The first-order chi connectivity index (χ1) is 43.0. The Kier molecular flexibility index (Phi) is 62.1. The number of carbonyl (C=O) groups is 4. The molecule has 0 aromatic heterocycles. The van der Waals surface area contributed by atoms with Crippen LogP contribution in [0.25, 0.3) is 0 Å². The topological polar surface area (TPSA) is 237 Å². The molecule has 0 aromatic rings. The lowest BCUT2D eigenvalue weighted by atomic mass is 10.0. The molecular weight excluding hydrogens is 1170 g/mol. The highest BCUT2D eigenvalue weighted by molar-refractivity contribution is 7.47. The SMILES string of the molecule is CCCCCCCCCCCCCCCC(=O)OC[C@H](COP(=O)(O)OC[C@@H](O)COP(=O)(O)OC[C@@H](COC(=O)CCCCCCCCC)OC(=O)CCCCCCCCCCCCC)OC(=O)CCCCCCCCCCCCCCCCCC(C)C. The largest absolute Gasteiger partial charge is 0.472 e. The Morgan fingerprint density at radius 3 is 0.764 bits per heavy atom.